The Hall–Kier alpha value is -1.70. The topological polar surface area (TPSA) is 40.5 Å². The maximum absolute atomic E-state index is 9.98. The van der Waals surface area contributed by atoms with E-state index in [1.54, 1.807) is 12.1 Å². The average molecular weight is 244 g/mol. The number of hydrogen-bond acceptors (Lipinski definition) is 2. The van der Waals surface area contributed by atoms with Crippen LogP contribution in [0.3, 0.4) is 0 Å². The SMILES string of the molecule is CC1C(O)=CC=CC1(C)C(C)c1ccccc1O. The molecule has 0 heterocycles. The summed E-state index contributed by atoms with van der Waals surface area (Å²) in [6.07, 6.45) is 5.75. The molecule has 2 nitrogen and oxygen atoms in total. The van der Waals surface area contributed by atoms with Crippen LogP contribution in [0.4, 0.5) is 0 Å². The third-order valence-corrected chi connectivity index (χ3v) is 4.44. The van der Waals surface area contributed by atoms with E-state index in [-0.39, 0.29) is 17.3 Å². The fraction of sp³-hybridized carbons (Fsp3) is 0.375. The van der Waals surface area contributed by atoms with Gasteiger partial charge < -0.3 is 10.2 Å². The van der Waals surface area contributed by atoms with Crippen LogP contribution in [0.2, 0.25) is 0 Å². The van der Waals surface area contributed by atoms with Gasteiger partial charge in [0.1, 0.15) is 5.75 Å². The van der Waals surface area contributed by atoms with Crippen molar-refractivity contribution in [2.45, 2.75) is 26.7 Å². The zero-order valence-electron chi connectivity index (χ0n) is 11.1. The van der Waals surface area contributed by atoms with Gasteiger partial charge in [-0.2, -0.15) is 0 Å². The highest BCUT2D eigenvalue weighted by atomic mass is 16.3. The second-order valence-corrected chi connectivity index (χ2v) is 5.32. The van der Waals surface area contributed by atoms with Gasteiger partial charge in [-0.3, -0.25) is 0 Å². The maximum Gasteiger partial charge on any atom is 0.119 e. The zero-order chi connectivity index (χ0) is 13.3. The molecular formula is C16H20O2. The summed E-state index contributed by atoms with van der Waals surface area (Å²) < 4.78 is 0. The lowest BCUT2D eigenvalue weighted by molar-refractivity contribution is 0.191. The van der Waals surface area contributed by atoms with E-state index >= 15 is 0 Å². The highest BCUT2D eigenvalue weighted by Gasteiger charge is 2.39. The van der Waals surface area contributed by atoms with E-state index in [2.05, 4.69) is 19.9 Å². The van der Waals surface area contributed by atoms with E-state index in [1.165, 1.54) is 0 Å². The Morgan fingerprint density at radius 1 is 1.22 bits per heavy atom. The molecule has 1 aliphatic carbocycles. The number of para-hydroxylation sites is 1. The first-order valence-corrected chi connectivity index (χ1v) is 6.33. The average Bonchev–Trinajstić information content (AvgIpc) is 2.36. The van der Waals surface area contributed by atoms with Crippen molar-refractivity contribution in [3.8, 4) is 5.75 Å². The second-order valence-electron chi connectivity index (χ2n) is 5.32. The van der Waals surface area contributed by atoms with E-state index in [4.69, 9.17) is 0 Å². The molecule has 0 aromatic heterocycles. The van der Waals surface area contributed by atoms with Crippen molar-refractivity contribution in [3.05, 3.63) is 53.8 Å². The van der Waals surface area contributed by atoms with Crippen LogP contribution in [0.25, 0.3) is 0 Å². The standard InChI is InChI=1S/C16H20O2/c1-11(13-7-4-5-8-15(13)18)16(3)10-6-9-14(17)12(16)2/h4-12,17-18H,1-3H3. The number of aliphatic hydroxyl groups is 1. The van der Waals surface area contributed by atoms with E-state index < -0.39 is 0 Å². The molecule has 0 saturated carbocycles. The molecule has 3 atom stereocenters. The van der Waals surface area contributed by atoms with Crippen LogP contribution in [0, 0.1) is 11.3 Å². The summed E-state index contributed by atoms with van der Waals surface area (Å²) in [5, 5.41) is 19.9. The number of benzene rings is 1. The van der Waals surface area contributed by atoms with Crippen molar-refractivity contribution in [1.29, 1.82) is 0 Å². The van der Waals surface area contributed by atoms with Gasteiger partial charge in [0.15, 0.2) is 0 Å². The fourth-order valence-corrected chi connectivity index (χ4v) is 2.67. The molecule has 2 rings (SSSR count). The van der Waals surface area contributed by atoms with Crippen molar-refractivity contribution in [2.24, 2.45) is 11.3 Å². The molecule has 0 spiro atoms. The molecule has 1 aliphatic rings. The van der Waals surface area contributed by atoms with E-state index in [1.807, 2.05) is 31.2 Å². The highest BCUT2D eigenvalue weighted by Crippen LogP contribution is 2.48. The van der Waals surface area contributed by atoms with Gasteiger partial charge >= 0.3 is 0 Å². The summed E-state index contributed by atoms with van der Waals surface area (Å²) in [6.45, 7) is 6.23. The van der Waals surface area contributed by atoms with Crippen LogP contribution in [-0.4, -0.2) is 10.2 Å². The number of rotatable bonds is 2. The Labute approximate surface area is 108 Å². The van der Waals surface area contributed by atoms with Crippen molar-refractivity contribution in [3.63, 3.8) is 0 Å². The normalized spacial score (nSPS) is 28.8. The number of allylic oxidation sites excluding steroid dienone is 4. The van der Waals surface area contributed by atoms with Crippen LogP contribution >= 0.6 is 0 Å². The number of aromatic hydroxyl groups is 1. The zero-order valence-corrected chi connectivity index (χ0v) is 11.1. The summed E-state index contributed by atoms with van der Waals surface area (Å²) in [5.74, 6) is 0.890. The quantitative estimate of drug-likeness (QED) is 0.820. The minimum Gasteiger partial charge on any atom is -0.512 e. The largest absolute Gasteiger partial charge is 0.512 e. The first-order chi connectivity index (χ1) is 8.47. The van der Waals surface area contributed by atoms with E-state index in [9.17, 15) is 10.2 Å². The molecule has 0 aliphatic heterocycles. The number of aliphatic hydroxyl groups excluding tert-OH is 1. The van der Waals surface area contributed by atoms with Gasteiger partial charge in [-0.1, -0.05) is 51.1 Å². The van der Waals surface area contributed by atoms with Crippen LogP contribution < -0.4 is 0 Å². The van der Waals surface area contributed by atoms with Crippen LogP contribution in [0.5, 0.6) is 5.75 Å². The monoisotopic (exact) mass is 244 g/mol. The van der Waals surface area contributed by atoms with Crippen molar-refractivity contribution in [1.82, 2.24) is 0 Å². The van der Waals surface area contributed by atoms with Crippen LogP contribution in [0.1, 0.15) is 32.3 Å². The summed E-state index contributed by atoms with van der Waals surface area (Å²) in [4.78, 5) is 0. The van der Waals surface area contributed by atoms with Gasteiger partial charge in [-0.05, 0) is 23.6 Å². The first kappa shape index (κ1) is 12.7. The summed E-state index contributed by atoms with van der Waals surface area (Å²) in [5.41, 5.74) is 0.726. The Kier molecular flexibility index (Phi) is 3.20. The molecule has 1 aromatic carbocycles. The molecule has 1 aromatic rings. The van der Waals surface area contributed by atoms with Gasteiger partial charge in [0.2, 0.25) is 0 Å². The molecule has 0 saturated heterocycles. The van der Waals surface area contributed by atoms with E-state index in [0.29, 0.717) is 11.5 Å². The highest BCUT2D eigenvalue weighted by molar-refractivity contribution is 5.38. The third kappa shape index (κ3) is 1.92. The predicted octanol–water partition coefficient (Wildman–Crippen LogP) is 4.15. The minimum atomic E-state index is -0.197. The molecule has 18 heavy (non-hydrogen) atoms. The Morgan fingerprint density at radius 3 is 2.56 bits per heavy atom. The van der Waals surface area contributed by atoms with Gasteiger partial charge in [0.25, 0.3) is 0 Å². The lowest BCUT2D eigenvalue weighted by Crippen LogP contribution is -2.32. The van der Waals surface area contributed by atoms with Gasteiger partial charge in [-0.15, -0.1) is 0 Å². The molecule has 2 heteroatoms. The molecule has 2 N–H and O–H groups in total. The van der Waals surface area contributed by atoms with E-state index in [0.717, 1.165) is 5.56 Å². The molecule has 0 radical (unpaired) electrons. The summed E-state index contributed by atoms with van der Waals surface area (Å²) in [7, 11) is 0. The van der Waals surface area contributed by atoms with Gasteiger partial charge in [0.05, 0.1) is 5.76 Å². The predicted molar refractivity (Wildman–Crippen MR) is 73.6 cm³/mol. The number of phenols is 1. The molecular weight excluding hydrogens is 224 g/mol. The summed E-state index contributed by atoms with van der Waals surface area (Å²) in [6, 6.07) is 7.41. The Morgan fingerprint density at radius 2 is 1.89 bits per heavy atom. The number of hydrogen-bond donors (Lipinski definition) is 2. The molecule has 0 fully saturated rings. The van der Waals surface area contributed by atoms with Crippen molar-refractivity contribution in [2.75, 3.05) is 0 Å². The first-order valence-electron chi connectivity index (χ1n) is 6.33. The minimum absolute atomic E-state index is 0.0390. The number of phenolic OH excluding ortho intramolecular Hbond substituents is 1. The van der Waals surface area contributed by atoms with Gasteiger partial charge in [0, 0.05) is 11.3 Å². The van der Waals surface area contributed by atoms with Gasteiger partial charge in [-0.25, -0.2) is 0 Å². The smallest absolute Gasteiger partial charge is 0.119 e. The maximum atomic E-state index is 9.98. The lowest BCUT2D eigenvalue weighted by atomic mass is 9.64. The van der Waals surface area contributed by atoms with Crippen LogP contribution in [-0.2, 0) is 0 Å². The second kappa shape index (κ2) is 4.52. The fourth-order valence-electron chi connectivity index (χ4n) is 2.67. The van der Waals surface area contributed by atoms with Crippen molar-refractivity contribution < 1.29 is 10.2 Å². The lowest BCUT2D eigenvalue weighted by Gasteiger charge is -2.40. The molecule has 0 bridgehead atoms. The summed E-state index contributed by atoms with van der Waals surface area (Å²) >= 11 is 0. The molecule has 96 valence electrons. The Bertz CT molecular complexity index is 502. The van der Waals surface area contributed by atoms with Crippen LogP contribution in [0.15, 0.2) is 48.3 Å². The molecule has 0 amide bonds. The molecule has 3 unspecified atom stereocenters. The van der Waals surface area contributed by atoms with Crippen molar-refractivity contribution >= 4 is 0 Å². The third-order valence-electron chi connectivity index (χ3n) is 4.44. The Balaban J connectivity index is 2.40.